The summed E-state index contributed by atoms with van der Waals surface area (Å²) in [5.41, 5.74) is -2.36. The second-order valence-electron chi connectivity index (χ2n) is 3.84. The molecule has 0 aromatic rings. The Morgan fingerprint density at radius 2 is 1.86 bits per heavy atom. The molecule has 2 aliphatic rings. The lowest BCUT2D eigenvalue weighted by atomic mass is 10.1. The van der Waals surface area contributed by atoms with Crippen molar-refractivity contribution in [2.24, 2.45) is 9.36 Å². The van der Waals surface area contributed by atoms with Gasteiger partial charge in [-0.05, 0) is 22.8 Å². The zero-order chi connectivity index (χ0) is 16.7. The number of allylic oxidation sites excluding steroid dienone is 4. The maximum Gasteiger partial charge on any atom is 0.525 e. The number of halogens is 6. The summed E-state index contributed by atoms with van der Waals surface area (Å²) in [6.07, 6.45) is -7.79. The van der Waals surface area contributed by atoms with Crippen LogP contribution in [0.15, 0.2) is 32.5 Å². The van der Waals surface area contributed by atoms with Crippen LogP contribution in [-0.2, 0) is 25.0 Å². The van der Waals surface area contributed by atoms with Gasteiger partial charge in [0.1, 0.15) is 0 Å². The van der Waals surface area contributed by atoms with E-state index >= 15 is 0 Å². The third-order valence-corrected chi connectivity index (χ3v) is 3.97. The van der Waals surface area contributed by atoms with Gasteiger partial charge in [-0.15, -0.1) is 13.2 Å². The fourth-order valence-electron chi connectivity index (χ4n) is 1.46. The molecule has 0 saturated carbocycles. The summed E-state index contributed by atoms with van der Waals surface area (Å²) in [6.45, 7) is 0. The minimum absolute atomic E-state index is 0.184. The van der Waals surface area contributed by atoms with Crippen LogP contribution < -0.4 is 0 Å². The number of alkyl halides is 6. The van der Waals surface area contributed by atoms with Crippen LogP contribution in [0, 0.1) is 0 Å². The van der Waals surface area contributed by atoms with Crippen molar-refractivity contribution in [3.05, 3.63) is 23.1 Å². The third kappa shape index (κ3) is 3.68. The summed E-state index contributed by atoms with van der Waals surface area (Å²) >= 11 is 0. The first-order chi connectivity index (χ1) is 9.97. The number of aliphatic imine (C=N–C) groups is 1. The van der Waals surface area contributed by atoms with Crippen molar-refractivity contribution in [3.63, 3.8) is 0 Å². The first-order valence-corrected chi connectivity index (χ1v) is 6.54. The first-order valence-electron chi connectivity index (χ1n) is 5.30. The normalized spacial score (nSPS) is 25.1. The van der Waals surface area contributed by atoms with Crippen LogP contribution in [0.1, 0.15) is 0 Å². The molecule has 12 heteroatoms. The summed E-state index contributed by atoms with van der Waals surface area (Å²) in [5.74, 6) is -3.25. The molecular formula is C10H4F6N2O3S. The monoisotopic (exact) mass is 346 g/mol. The van der Waals surface area contributed by atoms with Gasteiger partial charge in [-0.2, -0.15) is 17.5 Å². The van der Waals surface area contributed by atoms with Gasteiger partial charge in [0.25, 0.3) is 0 Å². The fraction of sp³-hybridized carbons (Fsp3) is 0.300. The number of carbonyl (C=O) groups excluding carboxylic acids is 2. The highest BCUT2D eigenvalue weighted by Gasteiger charge is 2.44. The molecular weight excluding hydrogens is 342 g/mol. The number of fused-ring (bicyclic) bond motifs is 1. The van der Waals surface area contributed by atoms with E-state index in [0.29, 0.717) is 0 Å². The van der Waals surface area contributed by atoms with Crippen molar-refractivity contribution >= 4 is 28.1 Å². The largest absolute Gasteiger partial charge is 0.525 e. The maximum absolute atomic E-state index is 12.3. The Labute approximate surface area is 120 Å². The SMILES string of the molecule is O=C1C=CC2=NC(OC(F)(F)F)S(=NC(=O)C(F)(F)F)C2=C1. The molecule has 0 aromatic heterocycles. The second-order valence-corrected chi connectivity index (χ2v) is 5.49. The van der Waals surface area contributed by atoms with E-state index in [9.17, 15) is 35.9 Å². The van der Waals surface area contributed by atoms with Crippen LogP contribution in [0.5, 0.6) is 0 Å². The van der Waals surface area contributed by atoms with E-state index in [1.807, 2.05) is 0 Å². The van der Waals surface area contributed by atoms with E-state index in [0.717, 1.165) is 18.2 Å². The molecule has 0 saturated heterocycles. The van der Waals surface area contributed by atoms with Crippen LogP contribution >= 0.6 is 0 Å². The lowest BCUT2D eigenvalue weighted by Crippen LogP contribution is -2.27. The smallest absolute Gasteiger partial charge is 0.290 e. The third-order valence-electron chi connectivity index (χ3n) is 2.25. The summed E-state index contributed by atoms with van der Waals surface area (Å²) in [7, 11) is -2.33. The standard InChI is InChI=1S/C10H4F6N2O3S/c11-9(12,13)7(20)18-22-6-3-4(19)1-2-5(6)17-8(22)21-10(14,15)16/h1-3,8H. The number of ether oxygens (including phenoxy) is 1. The van der Waals surface area contributed by atoms with Gasteiger partial charge in [-0.25, -0.2) is 4.99 Å². The van der Waals surface area contributed by atoms with Crippen molar-refractivity contribution in [1.82, 2.24) is 0 Å². The Bertz CT molecular complexity index is 659. The number of nitrogens with zero attached hydrogens (tertiary/aromatic N) is 2. The average Bonchev–Trinajstić information content (AvgIpc) is 2.64. The van der Waals surface area contributed by atoms with E-state index in [4.69, 9.17) is 0 Å². The molecule has 120 valence electrons. The lowest BCUT2D eigenvalue weighted by molar-refractivity contribution is -0.329. The number of rotatable bonds is 1. The minimum Gasteiger partial charge on any atom is -0.290 e. The number of hydrogen-bond donors (Lipinski definition) is 0. The Hall–Kier alpha value is -1.82. The molecule has 1 aliphatic carbocycles. The van der Waals surface area contributed by atoms with E-state index in [1.54, 1.807) is 0 Å². The highest BCUT2D eigenvalue weighted by atomic mass is 32.2. The molecule has 0 spiro atoms. The molecule has 2 atom stereocenters. The molecule has 0 N–H and O–H groups in total. The van der Waals surface area contributed by atoms with E-state index in [2.05, 4.69) is 14.1 Å². The number of amides is 1. The van der Waals surface area contributed by atoms with Crippen molar-refractivity contribution in [1.29, 1.82) is 0 Å². The van der Waals surface area contributed by atoms with Gasteiger partial charge in [0.15, 0.2) is 5.78 Å². The van der Waals surface area contributed by atoms with Gasteiger partial charge < -0.3 is 0 Å². The van der Waals surface area contributed by atoms with Crippen molar-refractivity contribution in [2.75, 3.05) is 0 Å². The highest BCUT2D eigenvalue weighted by Crippen LogP contribution is 2.32. The van der Waals surface area contributed by atoms with Crippen LogP contribution in [-0.4, -0.2) is 35.5 Å². The molecule has 2 rings (SSSR count). The Balaban J connectivity index is 2.44. The summed E-state index contributed by atoms with van der Waals surface area (Å²) in [5, 5.41) is 0. The molecule has 5 nitrogen and oxygen atoms in total. The van der Waals surface area contributed by atoms with Crippen LogP contribution in [0.25, 0.3) is 0 Å². The number of carbonyl (C=O) groups is 2. The lowest BCUT2D eigenvalue weighted by Gasteiger charge is -2.14. The number of hydrogen-bond acceptors (Lipinski definition) is 4. The summed E-state index contributed by atoms with van der Waals surface area (Å²) in [6, 6.07) is 0. The van der Waals surface area contributed by atoms with Crippen LogP contribution in [0.4, 0.5) is 26.3 Å². The maximum atomic E-state index is 12.3. The summed E-state index contributed by atoms with van der Waals surface area (Å²) < 4.78 is 79.8. The van der Waals surface area contributed by atoms with Gasteiger partial charge in [-0.3, -0.25) is 14.3 Å². The quantitative estimate of drug-likeness (QED) is 0.540. The molecule has 1 amide bonds. The van der Waals surface area contributed by atoms with Crippen molar-refractivity contribution in [2.45, 2.75) is 18.1 Å². The zero-order valence-corrected chi connectivity index (χ0v) is 10.9. The second kappa shape index (κ2) is 5.43. The molecule has 2 unspecified atom stereocenters. The molecule has 22 heavy (non-hydrogen) atoms. The van der Waals surface area contributed by atoms with Gasteiger partial charge >= 0.3 is 18.4 Å². The Kier molecular flexibility index (Phi) is 4.08. The predicted octanol–water partition coefficient (Wildman–Crippen LogP) is 2.17. The molecule has 0 fully saturated rings. The molecule has 0 radical (unpaired) electrons. The Morgan fingerprint density at radius 3 is 2.41 bits per heavy atom. The number of ketones is 1. The van der Waals surface area contributed by atoms with Gasteiger partial charge in [0.05, 0.1) is 10.6 Å². The minimum atomic E-state index is -5.35. The van der Waals surface area contributed by atoms with Gasteiger partial charge in [0.2, 0.25) is 5.56 Å². The van der Waals surface area contributed by atoms with Crippen LogP contribution in [0.3, 0.4) is 0 Å². The molecule has 1 aliphatic heterocycles. The first kappa shape index (κ1) is 16.5. The van der Waals surface area contributed by atoms with Crippen LogP contribution in [0.2, 0.25) is 0 Å². The van der Waals surface area contributed by atoms with E-state index < -0.39 is 40.5 Å². The topological polar surface area (TPSA) is 68.1 Å². The van der Waals surface area contributed by atoms with Crippen molar-refractivity contribution < 1.29 is 40.7 Å². The van der Waals surface area contributed by atoms with Crippen molar-refractivity contribution in [3.8, 4) is 0 Å². The Morgan fingerprint density at radius 1 is 1.23 bits per heavy atom. The average molecular weight is 346 g/mol. The molecule has 1 heterocycles. The predicted molar refractivity (Wildman–Crippen MR) is 61.4 cm³/mol. The summed E-state index contributed by atoms with van der Waals surface area (Å²) in [4.78, 5) is 25.2. The highest BCUT2D eigenvalue weighted by molar-refractivity contribution is 7.93. The van der Waals surface area contributed by atoms with E-state index in [1.165, 1.54) is 0 Å². The van der Waals surface area contributed by atoms with Gasteiger partial charge in [-0.1, -0.05) is 0 Å². The fourth-order valence-corrected chi connectivity index (χ4v) is 3.14. The van der Waals surface area contributed by atoms with E-state index in [-0.39, 0.29) is 10.6 Å². The zero-order valence-electron chi connectivity index (χ0n) is 10.1. The molecule has 0 aromatic carbocycles. The van der Waals surface area contributed by atoms with Gasteiger partial charge in [0, 0.05) is 6.08 Å². The molecule has 0 bridgehead atoms.